The van der Waals surface area contributed by atoms with E-state index in [0.29, 0.717) is 5.91 Å². The number of hydrogen-bond acceptors (Lipinski definition) is 2. The predicted octanol–water partition coefficient (Wildman–Crippen LogP) is 1.72. The minimum atomic E-state index is 0.392. The molecule has 1 saturated heterocycles. The van der Waals surface area contributed by atoms with Crippen LogP contribution in [0.4, 0.5) is 0 Å². The summed E-state index contributed by atoms with van der Waals surface area (Å²) in [5, 5.41) is 1.03. The monoisotopic (exact) mass is 288 g/mol. The number of rotatable bonds is 4. The van der Waals surface area contributed by atoms with Crippen molar-refractivity contribution in [3.05, 3.63) is 0 Å². The molecule has 1 saturated carbocycles. The Bertz CT molecular complexity index is 243. The maximum absolute atomic E-state index is 12.0. The van der Waals surface area contributed by atoms with Gasteiger partial charge in [0.15, 0.2) is 0 Å². The molecular formula is C12H21BrN2O. The van der Waals surface area contributed by atoms with Crippen molar-refractivity contribution < 1.29 is 4.79 Å². The number of carbonyl (C=O) groups is 1. The maximum Gasteiger partial charge on any atom is 0.222 e. The fourth-order valence-corrected chi connectivity index (χ4v) is 2.76. The van der Waals surface area contributed by atoms with Crippen molar-refractivity contribution in [2.24, 2.45) is 5.92 Å². The van der Waals surface area contributed by atoms with Gasteiger partial charge in [0, 0.05) is 37.9 Å². The minimum absolute atomic E-state index is 0.392. The summed E-state index contributed by atoms with van der Waals surface area (Å²) in [7, 11) is 0. The van der Waals surface area contributed by atoms with Crippen LogP contribution >= 0.6 is 15.9 Å². The Labute approximate surface area is 106 Å². The lowest BCUT2D eigenvalue weighted by atomic mass is 10.2. The summed E-state index contributed by atoms with van der Waals surface area (Å²) in [4.78, 5) is 16.5. The molecule has 0 bridgehead atoms. The van der Waals surface area contributed by atoms with Crippen LogP contribution in [0.15, 0.2) is 0 Å². The SMILES string of the molecule is O=C(CC1CC1)N1CCCN(CCBr)CC1. The molecule has 0 unspecified atom stereocenters. The molecule has 0 aromatic rings. The molecule has 2 aliphatic rings. The summed E-state index contributed by atoms with van der Waals surface area (Å²) < 4.78 is 0. The van der Waals surface area contributed by atoms with E-state index in [2.05, 4.69) is 25.7 Å². The van der Waals surface area contributed by atoms with Crippen molar-refractivity contribution in [1.29, 1.82) is 0 Å². The molecule has 1 heterocycles. The van der Waals surface area contributed by atoms with E-state index in [0.717, 1.165) is 56.8 Å². The van der Waals surface area contributed by atoms with Crippen LogP contribution in [0.3, 0.4) is 0 Å². The summed E-state index contributed by atoms with van der Waals surface area (Å²) in [6, 6.07) is 0. The lowest BCUT2D eigenvalue weighted by Gasteiger charge is -2.21. The number of nitrogens with zero attached hydrogens (tertiary/aromatic N) is 2. The van der Waals surface area contributed by atoms with Crippen molar-refractivity contribution >= 4 is 21.8 Å². The van der Waals surface area contributed by atoms with Crippen molar-refractivity contribution in [3.63, 3.8) is 0 Å². The van der Waals surface area contributed by atoms with Gasteiger partial charge < -0.3 is 9.80 Å². The zero-order valence-corrected chi connectivity index (χ0v) is 11.4. The predicted molar refractivity (Wildman–Crippen MR) is 68.8 cm³/mol. The van der Waals surface area contributed by atoms with E-state index in [4.69, 9.17) is 0 Å². The summed E-state index contributed by atoms with van der Waals surface area (Å²) in [5.74, 6) is 1.11. The lowest BCUT2D eigenvalue weighted by Crippen LogP contribution is -2.35. The second-order valence-electron chi connectivity index (χ2n) is 4.91. The van der Waals surface area contributed by atoms with Gasteiger partial charge in [-0.2, -0.15) is 0 Å². The van der Waals surface area contributed by atoms with Crippen molar-refractivity contribution in [1.82, 2.24) is 9.80 Å². The zero-order chi connectivity index (χ0) is 11.4. The quantitative estimate of drug-likeness (QED) is 0.736. The van der Waals surface area contributed by atoms with Gasteiger partial charge in [-0.25, -0.2) is 0 Å². The van der Waals surface area contributed by atoms with Crippen LogP contribution in [0.25, 0.3) is 0 Å². The maximum atomic E-state index is 12.0. The number of hydrogen-bond donors (Lipinski definition) is 0. The van der Waals surface area contributed by atoms with Gasteiger partial charge in [0.1, 0.15) is 0 Å². The van der Waals surface area contributed by atoms with Crippen molar-refractivity contribution in [2.45, 2.75) is 25.7 Å². The highest BCUT2D eigenvalue weighted by atomic mass is 79.9. The molecule has 0 radical (unpaired) electrons. The normalized spacial score (nSPS) is 23.2. The van der Waals surface area contributed by atoms with Gasteiger partial charge in [0.25, 0.3) is 0 Å². The molecule has 4 heteroatoms. The molecule has 0 N–H and O–H groups in total. The first-order chi connectivity index (χ1) is 7.79. The molecule has 3 nitrogen and oxygen atoms in total. The summed E-state index contributed by atoms with van der Waals surface area (Å²) in [6.45, 7) is 5.17. The van der Waals surface area contributed by atoms with Crippen LogP contribution < -0.4 is 0 Å². The Morgan fingerprint density at radius 2 is 2.00 bits per heavy atom. The van der Waals surface area contributed by atoms with Crippen LogP contribution in [0.2, 0.25) is 0 Å². The third kappa shape index (κ3) is 3.74. The molecule has 2 rings (SSSR count). The average Bonchev–Trinajstić information content (AvgIpc) is 3.05. The molecule has 1 aliphatic heterocycles. The van der Waals surface area contributed by atoms with Crippen LogP contribution in [0.1, 0.15) is 25.7 Å². The second-order valence-corrected chi connectivity index (χ2v) is 5.71. The molecule has 1 aliphatic carbocycles. The number of carbonyl (C=O) groups excluding carboxylic acids is 1. The Kier molecular flexibility index (Phi) is 4.65. The van der Waals surface area contributed by atoms with Crippen LogP contribution in [-0.2, 0) is 4.79 Å². The largest absolute Gasteiger partial charge is 0.341 e. The summed E-state index contributed by atoms with van der Waals surface area (Å²) in [5.41, 5.74) is 0. The van der Waals surface area contributed by atoms with Gasteiger partial charge in [-0.05, 0) is 31.7 Å². The van der Waals surface area contributed by atoms with E-state index in [9.17, 15) is 4.79 Å². The Morgan fingerprint density at radius 3 is 2.69 bits per heavy atom. The minimum Gasteiger partial charge on any atom is -0.341 e. The van der Waals surface area contributed by atoms with Gasteiger partial charge in [-0.1, -0.05) is 15.9 Å². The number of halogens is 1. The Morgan fingerprint density at radius 1 is 1.19 bits per heavy atom. The third-order valence-corrected chi connectivity index (χ3v) is 3.86. The molecular weight excluding hydrogens is 268 g/mol. The standard InChI is InChI=1S/C12H21BrN2O/c13-4-7-14-5-1-6-15(9-8-14)12(16)10-11-2-3-11/h11H,1-10H2. The molecule has 92 valence electrons. The highest BCUT2D eigenvalue weighted by Crippen LogP contribution is 2.32. The van der Waals surface area contributed by atoms with E-state index in [1.165, 1.54) is 12.8 Å². The van der Waals surface area contributed by atoms with Crippen LogP contribution in [0, 0.1) is 5.92 Å². The van der Waals surface area contributed by atoms with E-state index in [-0.39, 0.29) is 0 Å². The molecule has 0 aromatic carbocycles. The van der Waals surface area contributed by atoms with Gasteiger partial charge in [-0.15, -0.1) is 0 Å². The Hall–Kier alpha value is -0.0900. The topological polar surface area (TPSA) is 23.6 Å². The van der Waals surface area contributed by atoms with E-state index in [1.807, 2.05) is 0 Å². The summed E-state index contributed by atoms with van der Waals surface area (Å²) >= 11 is 3.47. The smallest absolute Gasteiger partial charge is 0.222 e. The molecule has 16 heavy (non-hydrogen) atoms. The molecule has 2 fully saturated rings. The van der Waals surface area contributed by atoms with E-state index < -0.39 is 0 Å². The lowest BCUT2D eigenvalue weighted by molar-refractivity contribution is -0.131. The van der Waals surface area contributed by atoms with Gasteiger partial charge >= 0.3 is 0 Å². The fourth-order valence-electron chi connectivity index (χ4n) is 2.26. The second kappa shape index (κ2) is 6.01. The van der Waals surface area contributed by atoms with Gasteiger partial charge in [-0.3, -0.25) is 4.79 Å². The highest BCUT2D eigenvalue weighted by Gasteiger charge is 2.27. The molecule has 0 spiro atoms. The highest BCUT2D eigenvalue weighted by molar-refractivity contribution is 9.09. The van der Waals surface area contributed by atoms with Crippen LogP contribution in [0.5, 0.6) is 0 Å². The molecule has 0 aromatic heterocycles. The fraction of sp³-hybridized carbons (Fsp3) is 0.917. The third-order valence-electron chi connectivity index (χ3n) is 3.50. The van der Waals surface area contributed by atoms with Gasteiger partial charge in [0.05, 0.1) is 0 Å². The first-order valence-corrected chi connectivity index (χ1v) is 7.48. The van der Waals surface area contributed by atoms with Crippen molar-refractivity contribution in [2.75, 3.05) is 38.1 Å². The van der Waals surface area contributed by atoms with Gasteiger partial charge in [0.2, 0.25) is 5.91 Å². The Balaban J connectivity index is 1.75. The molecule has 0 atom stereocenters. The average molecular weight is 289 g/mol. The number of amides is 1. The van der Waals surface area contributed by atoms with Crippen molar-refractivity contribution in [3.8, 4) is 0 Å². The van der Waals surface area contributed by atoms with E-state index in [1.54, 1.807) is 0 Å². The first-order valence-electron chi connectivity index (χ1n) is 6.35. The summed E-state index contributed by atoms with van der Waals surface area (Å²) in [6.07, 6.45) is 4.48. The number of alkyl halides is 1. The first kappa shape index (κ1) is 12.4. The van der Waals surface area contributed by atoms with Crippen LogP contribution in [-0.4, -0.2) is 53.8 Å². The van der Waals surface area contributed by atoms with E-state index >= 15 is 0 Å². The zero-order valence-electron chi connectivity index (χ0n) is 9.83. The molecule has 1 amide bonds.